The third-order valence-electron chi connectivity index (χ3n) is 3.61. The highest BCUT2D eigenvalue weighted by Gasteiger charge is 2.11. The standard InChI is InChI=1S/C19H11Cl3N2O3S/c20-13-6-5-12(8-14(13)21)16-9-28-19(23-16)24-17(25)11-3-1-10(2-4-11)7-15(22)18(26)27/h1-9H,(H,26,27)(H,23,24,25). The maximum atomic E-state index is 12.4. The largest absolute Gasteiger partial charge is 0.477 e. The summed E-state index contributed by atoms with van der Waals surface area (Å²) < 4.78 is 0. The zero-order valence-electron chi connectivity index (χ0n) is 13.9. The van der Waals surface area contributed by atoms with Crippen LogP contribution in [0.4, 0.5) is 5.13 Å². The topological polar surface area (TPSA) is 79.3 Å². The molecule has 0 saturated heterocycles. The molecular formula is C19H11Cl3N2O3S. The molecule has 0 saturated carbocycles. The van der Waals surface area contributed by atoms with E-state index in [1.807, 2.05) is 0 Å². The van der Waals surface area contributed by atoms with Crippen LogP contribution in [0.2, 0.25) is 10.0 Å². The average Bonchev–Trinajstić information content (AvgIpc) is 3.13. The molecule has 3 rings (SSSR count). The first kappa shape index (κ1) is 20.4. The third kappa shape index (κ3) is 4.91. The van der Waals surface area contributed by atoms with Gasteiger partial charge in [0.25, 0.3) is 5.91 Å². The molecule has 1 aromatic heterocycles. The van der Waals surface area contributed by atoms with Crippen molar-refractivity contribution < 1.29 is 14.7 Å². The number of benzene rings is 2. The molecule has 0 unspecified atom stereocenters. The number of carbonyl (C=O) groups is 2. The number of hydrogen-bond acceptors (Lipinski definition) is 4. The van der Waals surface area contributed by atoms with Gasteiger partial charge in [-0.15, -0.1) is 11.3 Å². The minimum Gasteiger partial charge on any atom is -0.477 e. The predicted molar refractivity (Wildman–Crippen MR) is 113 cm³/mol. The van der Waals surface area contributed by atoms with E-state index in [4.69, 9.17) is 39.9 Å². The summed E-state index contributed by atoms with van der Waals surface area (Å²) >= 11 is 18.8. The minimum atomic E-state index is -1.22. The SMILES string of the molecule is O=C(O)C(Cl)=Cc1ccc(C(=O)Nc2nc(-c3ccc(Cl)c(Cl)c3)cs2)cc1. The second kappa shape index (κ2) is 8.75. The minimum absolute atomic E-state index is 0.310. The van der Waals surface area contributed by atoms with E-state index in [1.165, 1.54) is 17.4 Å². The second-order valence-electron chi connectivity index (χ2n) is 5.54. The second-order valence-corrected chi connectivity index (χ2v) is 7.62. The van der Waals surface area contributed by atoms with E-state index >= 15 is 0 Å². The number of rotatable bonds is 5. The van der Waals surface area contributed by atoms with Crippen LogP contribution in [0.5, 0.6) is 0 Å². The molecule has 2 aromatic carbocycles. The van der Waals surface area contributed by atoms with Gasteiger partial charge in [0, 0.05) is 16.5 Å². The van der Waals surface area contributed by atoms with Crippen LogP contribution in [-0.2, 0) is 4.79 Å². The Bertz CT molecular complexity index is 1080. The summed E-state index contributed by atoms with van der Waals surface area (Å²) in [5.74, 6) is -1.56. The molecule has 3 aromatic rings. The van der Waals surface area contributed by atoms with Crippen molar-refractivity contribution in [2.45, 2.75) is 0 Å². The molecule has 28 heavy (non-hydrogen) atoms. The number of carbonyl (C=O) groups excluding carboxylic acids is 1. The molecule has 0 bridgehead atoms. The van der Waals surface area contributed by atoms with Gasteiger partial charge in [0.1, 0.15) is 5.03 Å². The monoisotopic (exact) mass is 452 g/mol. The number of halogens is 3. The number of anilines is 1. The fraction of sp³-hybridized carbons (Fsp3) is 0. The molecular weight excluding hydrogens is 443 g/mol. The fourth-order valence-corrected chi connectivity index (χ4v) is 3.37. The molecule has 9 heteroatoms. The Labute approximate surface area is 179 Å². The normalized spacial score (nSPS) is 11.3. The van der Waals surface area contributed by atoms with Crippen molar-refractivity contribution in [1.82, 2.24) is 4.98 Å². The highest BCUT2D eigenvalue weighted by molar-refractivity contribution is 7.14. The van der Waals surface area contributed by atoms with E-state index in [-0.39, 0.29) is 10.9 Å². The summed E-state index contributed by atoms with van der Waals surface area (Å²) in [5, 5.41) is 14.3. The predicted octanol–water partition coefficient (Wildman–Crippen LogP) is 6.03. The smallest absolute Gasteiger partial charge is 0.347 e. The van der Waals surface area contributed by atoms with Crippen LogP contribution in [-0.4, -0.2) is 22.0 Å². The van der Waals surface area contributed by atoms with Crippen molar-refractivity contribution in [3.05, 3.63) is 74.0 Å². The lowest BCUT2D eigenvalue weighted by atomic mass is 10.1. The summed E-state index contributed by atoms with van der Waals surface area (Å²) in [7, 11) is 0. The van der Waals surface area contributed by atoms with Gasteiger partial charge in [-0.3, -0.25) is 10.1 Å². The van der Waals surface area contributed by atoms with Crippen LogP contribution in [0.15, 0.2) is 52.9 Å². The molecule has 0 aliphatic carbocycles. The highest BCUT2D eigenvalue weighted by atomic mass is 35.5. The number of nitrogens with zero attached hydrogens (tertiary/aromatic N) is 1. The number of carboxylic acid groups (broad SMARTS) is 1. The Hall–Kier alpha value is -2.38. The van der Waals surface area contributed by atoms with Gasteiger partial charge in [-0.25, -0.2) is 9.78 Å². The third-order valence-corrected chi connectivity index (χ3v) is 5.38. The fourth-order valence-electron chi connectivity index (χ4n) is 2.23. The lowest BCUT2D eigenvalue weighted by Crippen LogP contribution is -2.11. The summed E-state index contributed by atoms with van der Waals surface area (Å²) in [6.07, 6.45) is 1.30. The lowest BCUT2D eigenvalue weighted by Gasteiger charge is -2.03. The Morgan fingerprint density at radius 1 is 1.07 bits per heavy atom. The first-order valence-electron chi connectivity index (χ1n) is 7.76. The molecule has 142 valence electrons. The summed E-state index contributed by atoms with van der Waals surface area (Å²) in [5.41, 5.74) is 2.43. The average molecular weight is 454 g/mol. The van der Waals surface area contributed by atoms with Crippen molar-refractivity contribution in [2.24, 2.45) is 0 Å². The maximum absolute atomic E-state index is 12.4. The Kier molecular flexibility index (Phi) is 6.36. The number of nitrogens with one attached hydrogen (secondary N) is 1. The summed E-state index contributed by atoms with van der Waals surface area (Å²) in [4.78, 5) is 27.5. The van der Waals surface area contributed by atoms with Gasteiger partial charge >= 0.3 is 5.97 Å². The van der Waals surface area contributed by atoms with Gasteiger partial charge < -0.3 is 5.11 Å². The molecule has 0 radical (unpaired) electrons. The first-order chi connectivity index (χ1) is 13.3. The molecule has 1 heterocycles. The van der Waals surface area contributed by atoms with Crippen LogP contribution in [0, 0.1) is 0 Å². The summed E-state index contributed by atoms with van der Waals surface area (Å²) in [6, 6.07) is 11.5. The number of hydrogen-bond donors (Lipinski definition) is 2. The van der Waals surface area contributed by atoms with Crippen LogP contribution in [0.25, 0.3) is 17.3 Å². The Morgan fingerprint density at radius 3 is 2.43 bits per heavy atom. The van der Waals surface area contributed by atoms with Gasteiger partial charge in [0.05, 0.1) is 15.7 Å². The van der Waals surface area contributed by atoms with Crippen molar-refractivity contribution in [3.63, 3.8) is 0 Å². The molecule has 0 aliphatic rings. The zero-order valence-corrected chi connectivity index (χ0v) is 17.0. The molecule has 0 spiro atoms. The van der Waals surface area contributed by atoms with Gasteiger partial charge in [-0.1, -0.05) is 53.0 Å². The van der Waals surface area contributed by atoms with Gasteiger partial charge in [0.15, 0.2) is 5.13 Å². The van der Waals surface area contributed by atoms with E-state index in [9.17, 15) is 9.59 Å². The lowest BCUT2D eigenvalue weighted by molar-refractivity contribution is -0.131. The Morgan fingerprint density at radius 2 is 1.79 bits per heavy atom. The van der Waals surface area contributed by atoms with Crippen LogP contribution < -0.4 is 5.32 Å². The van der Waals surface area contributed by atoms with Crippen molar-refractivity contribution >= 4 is 69.2 Å². The van der Waals surface area contributed by atoms with Crippen LogP contribution in [0.1, 0.15) is 15.9 Å². The molecule has 5 nitrogen and oxygen atoms in total. The van der Waals surface area contributed by atoms with Crippen molar-refractivity contribution in [2.75, 3.05) is 5.32 Å². The molecule has 0 fully saturated rings. The molecule has 2 N–H and O–H groups in total. The molecule has 1 amide bonds. The van der Waals surface area contributed by atoms with E-state index in [0.29, 0.717) is 32.0 Å². The quantitative estimate of drug-likeness (QED) is 0.462. The van der Waals surface area contributed by atoms with E-state index in [0.717, 1.165) is 5.56 Å². The first-order valence-corrected chi connectivity index (χ1v) is 9.77. The number of carboxylic acids is 1. The number of aromatic nitrogens is 1. The number of aliphatic carboxylic acids is 1. The van der Waals surface area contributed by atoms with Gasteiger partial charge in [0.2, 0.25) is 0 Å². The van der Waals surface area contributed by atoms with Crippen LogP contribution in [0.3, 0.4) is 0 Å². The summed E-state index contributed by atoms with van der Waals surface area (Å²) in [6.45, 7) is 0. The maximum Gasteiger partial charge on any atom is 0.347 e. The van der Waals surface area contributed by atoms with Crippen LogP contribution >= 0.6 is 46.1 Å². The number of amides is 1. The van der Waals surface area contributed by atoms with E-state index < -0.39 is 5.97 Å². The van der Waals surface area contributed by atoms with Crippen molar-refractivity contribution in [3.8, 4) is 11.3 Å². The van der Waals surface area contributed by atoms with E-state index in [2.05, 4.69) is 10.3 Å². The highest BCUT2D eigenvalue weighted by Crippen LogP contribution is 2.30. The Balaban J connectivity index is 1.71. The van der Waals surface area contributed by atoms with Gasteiger partial charge in [-0.2, -0.15) is 0 Å². The number of thiazole rings is 1. The van der Waals surface area contributed by atoms with Crippen molar-refractivity contribution in [1.29, 1.82) is 0 Å². The molecule has 0 atom stereocenters. The van der Waals surface area contributed by atoms with E-state index in [1.54, 1.807) is 47.8 Å². The zero-order chi connectivity index (χ0) is 20.3. The molecule has 0 aliphatic heterocycles. The van der Waals surface area contributed by atoms with Gasteiger partial charge in [-0.05, 0) is 35.9 Å².